The molecule has 18 heavy (non-hydrogen) atoms. The molecule has 1 atom stereocenters. The summed E-state index contributed by atoms with van der Waals surface area (Å²) in [6, 6.07) is 7.29. The van der Waals surface area contributed by atoms with Crippen LogP contribution >= 0.6 is 11.3 Å². The Morgan fingerprint density at radius 1 is 1.28 bits per heavy atom. The van der Waals surface area contributed by atoms with Crippen LogP contribution in [0.3, 0.4) is 0 Å². The molecule has 0 saturated heterocycles. The summed E-state index contributed by atoms with van der Waals surface area (Å²) in [4.78, 5) is 2.62. The molecule has 0 amide bonds. The molecule has 0 bridgehead atoms. The standard InChI is InChI=1S/C15H16FNS/c1-9-5-6-11(7-12(9)16)15(17)14-8-10-3-2-4-13(10)18-14/h5-8,15H,2-4,17H2,1H3. The van der Waals surface area contributed by atoms with Crippen LogP contribution in [0.2, 0.25) is 0 Å². The zero-order valence-electron chi connectivity index (χ0n) is 10.4. The lowest BCUT2D eigenvalue weighted by Crippen LogP contribution is -2.10. The average Bonchev–Trinajstić information content (AvgIpc) is 2.92. The Morgan fingerprint density at radius 2 is 2.11 bits per heavy atom. The first-order valence-corrected chi connectivity index (χ1v) is 7.10. The van der Waals surface area contributed by atoms with Crippen LogP contribution in [0.1, 0.15) is 38.9 Å². The van der Waals surface area contributed by atoms with Gasteiger partial charge in [0, 0.05) is 9.75 Å². The van der Waals surface area contributed by atoms with Crippen LogP contribution in [0.25, 0.3) is 0 Å². The zero-order chi connectivity index (χ0) is 12.7. The fourth-order valence-corrected chi connectivity index (χ4v) is 3.76. The highest BCUT2D eigenvalue weighted by Crippen LogP contribution is 2.35. The fraction of sp³-hybridized carbons (Fsp3) is 0.333. The minimum Gasteiger partial charge on any atom is -0.320 e. The van der Waals surface area contributed by atoms with Crippen molar-refractivity contribution in [2.75, 3.05) is 0 Å². The van der Waals surface area contributed by atoms with Crippen molar-refractivity contribution in [3.05, 3.63) is 56.5 Å². The number of nitrogens with two attached hydrogens (primary N) is 1. The van der Waals surface area contributed by atoms with Gasteiger partial charge in [-0.15, -0.1) is 11.3 Å². The summed E-state index contributed by atoms with van der Waals surface area (Å²) in [5.41, 5.74) is 9.21. The average molecular weight is 261 g/mol. The maximum absolute atomic E-state index is 13.6. The highest BCUT2D eigenvalue weighted by Gasteiger charge is 2.19. The van der Waals surface area contributed by atoms with Gasteiger partial charge in [0.25, 0.3) is 0 Å². The summed E-state index contributed by atoms with van der Waals surface area (Å²) in [7, 11) is 0. The lowest BCUT2D eigenvalue weighted by molar-refractivity contribution is 0.614. The van der Waals surface area contributed by atoms with Crippen molar-refractivity contribution >= 4 is 11.3 Å². The first-order valence-electron chi connectivity index (χ1n) is 6.28. The lowest BCUT2D eigenvalue weighted by atomic mass is 10.0. The summed E-state index contributed by atoms with van der Waals surface area (Å²) in [5.74, 6) is -0.174. The van der Waals surface area contributed by atoms with Gasteiger partial charge < -0.3 is 5.73 Å². The Morgan fingerprint density at radius 3 is 2.83 bits per heavy atom. The molecule has 2 aromatic rings. The Kier molecular flexibility index (Phi) is 2.96. The number of aryl methyl sites for hydroxylation is 3. The predicted molar refractivity (Wildman–Crippen MR) is 73.5 cm³/mol. The summed E-state index contributed by atoms with van der Waals surface area (Å²) in [6.45, 7) is 1.77. The highest BCUT2D eigenvalue weighted by atomic mass is 32.1. The maximum atomic E-state index is 13.6. The van der Waals surface area contributed by atoms with Gasteiger partial charge in [-0.1, -0.05) is 12.1 Å². The monoisotopic (exact) mass is 261 g/mol. The number of benzene rings is 1. The van der Waals surface area contributed by atoms with Crippen molar-refractivity contribution in [1.82, 2.24) is 0 Å². The number of rotatable bonds is 2. The number of halogens is 1. The van der Waals surface area contributed by atoms with E-state index in [4.69, 9.17) is 5.73 Å². The van der Waals surface area contributed by atoms with Crippen molar-refractivity contribution in [3.8, 4) is 0 Å². The van der Waals surface area contributed by atoms with Gasteiger partial charge in [0.15, 0.2) is 0 Å². The molecule has 1 unspecified atom stereocenters. The topological polar surface area (TPSA) is 26.0 Å². The van der Waals surface area contributed by atoms with Crippen LogP contribution in [0.4, 0.5) is 4.39 Å². The summed E-state index contributed by atoms with van der Waals surface area (Å²) < 4.78 is 13.6. The molecule has 0 spiro atoms. The second-order valence-electron chi connectivity index (χ2n) is 4.94. The molecular weight excluding hydrogens is 245 g/mol. The van der Waals surface area contributed by atoms with Crippen molar-refractivity contribution in [2.45, 2.75) is 32.2 Å². The Bertz CT molecular complexity index is 567. The van der Waals surface area contributed by atoms with Crippen molar-refractivity contribution < 1.29 is 4.39 Å². The van der Waals surface area contributed by atoms with Gasteiger partial charge in [-0.25, -0.2) is 4.39 Å². The van der Waals surface area contributed by atoms with E-state index in [2.05, 4.69) is 6.07 Å². The Hall–Kier alpha value is -1.19. The van der Waals surface area contributed by atoms with Crippen molar-refractivity contribution in [3.63, 3.8) is 0 Å². The first kappa shape index (κ1) is 11.9. The molecule has 0 radical (unpaired) electrons. The van der Waals surface area contributed by atoms with E-state index in [0.717, 1.165) is 10.4 Å². The highest BCUT2D eigenvalue weighted by molar-refractivity contribution is 7.12. The van der Waals surface area contributed by atoms with Gasteiger partial charge in [-0.2, -0.15) is 0 Å². The van der Waals surface area contributed by atoms with E-state index >= 15 is 0 Å². The van der Waals surface area contributed by atoms with Crippen LogP contribution in [0.5, 0.6) is 0 Å². The predicted octanol–water partition coefficient (Wildman–Crippen LogP) is 3.73. The zero-order valence-corrected chi connectivity index (χ0v) is 11.2. The number of fused-ring (bicyclic) bond motifs is 1. The quantitative estimate of drug-likeness (QED) is 0.875. The van der Waals surface area contributed by atoms with Crippen LogP contribution in [-0.4, -0.2) is 0 Å². The largest absolute Gasteiger partial charge is 0.320 e. The van der Waals surface area contributed by atoms with Crippen LogP contribution in [0, 0.1) is 12.7 Å². The second-order valence-corrected chi connectivity index (χ2v) is 6.11. The van der Waals surface area contributed by atoms with Crippen LogP contribution in [0.15, 0.2) is 24.3 Å². The smallest absolute Gasteiger partial charge is 0.126 e. The normalized spacial score (nSPS) is 15.7. The van der Waals surface area contributed by atoms with E-state index < -0.39 is 0 Å². The molecule has 0 saturated carbocycles. The SMILES string of the molecule is Cc1ccc(C(N)c2cc3c(s2)CCC3)cc1F. The summed E-state index contributed by atoms with van der Waals surface area (Å²) in [5, 5.41) is 0. The van der Waals surface area contributed by atoms with E-state index in [1.165, 1.54) is 29.7 Å². The second kappa shape index (κ2) is 4.48. The minimum atomic E-state index is -0.198. The number of hydrogen-bond acceptors (Lipinski definition) is 2. The maximum Gasteiger partial charge on any atom is 0.126 e. The molecule has 3 heteroatoms. The van der Waals surface area contributed by atoms with E-state index in [1.807, 2.05) is 6.07 Å². The molecule has 1 nitrogen and oxygen atoms in total. The lowest BCUT2D eigenvalue weighted by Gasteiger charge is -2.11. The number of thiophene rings is 1. The molecule has 94 valence electrons. The van der Waals surface area contributed by atoms with Gasteiger partial charge in [-0.3, -0.25) is 0 Å². The molecular formula is C15H16FNS. The van der Waals surface area contributed by atoms with Crippen molar-refractivity contribution in [2.24, 2.45) is 5.73 Å². The molecule has 1 heterocycles. The van der Waals surface area contributed by atoms with E-state index in [0.29, 0.717) is 5.56 Å². The Balaban J connectivity index is 1.93. The van der Waals surface area contributed by atoms with Gasteiger partial charge >= 0.3 is 0 Å². The molecule has 1 aromatic carbocycles. The molecule has 0 aliphatic heterocycles. The van der Waals surface area contributed by atoms with Crippen molar-refractivity contribution in [1.29, 1.82) is 0 Å². The Labute approximate surface area is 110 Å². The van der Waals surface area contributed by atoms with Crippen LogP contribution < -0.4 is 5.73 Å². The molecule has 1 aliphatic rings. The third-order valence-corrected chi connectivity index (χ3v) is 4.95. The summed E-state index contributed by atoms with van der Waals surface area (Å²) in [6.07, 6.45) is 3.60. The molecule has 1 aliphatic carbocycles. The minimum absolute atomic E-state index is 0.174. The van der Waals surface area contributed by atoms with E-state index in [1.54, 1.807) is 30.4 Å². The van der Waals surface area contributed by atoms with Gasteiger partial charge in [0.05, 0.1) is 6.04 Å². The first-order chi connectivity index (χ1) is 8.65. The van der Waals surface area contributed by atoms with Crippen LogP contribution in [-0.2, 0) is 12.8 Å². The number of hydrogen-bond donors (Lipinski definition) is 1. The van der Waals surface area contributed by atoms with E-state index in [-0.39, 0.29) is 11.9 Å². The van der Waals surface area contributed by atoms with Gasteiger partial charge in [-0.05, 0) is 55.0 Å². The molecule has 1 aromatic heterocycles. The molecule has 3 rings (SSSR count). The third kappa shape index (κ3) is 1.98. The fourth-order valence-electron chi connectivity index (χ4n) is 2.47. The molecule has 2 N–H and O–H groups in total. The third-order valence-electron chi connectivity index (χ3n) is 3.63. The molecule has 0 fully saturated rings. The van der Waals surface area contributed by atoms with E-state index in [9.17, 15) is 4.39 Å². The van der Waals surface area contributed by atoms with Gasteiger partial charge in [0.2, 0.25) is 0 Å². The summed E-state index contributed by atoms with van der Waals surface area (Å²) >= 11 is 1.79. The van der Waals surface area contributed by atoms with Gasteiger partial charge in [0.1, 0.15) is 5.82 Å².